The maximum atomic E-state index is 2.44. The van der Waals surface area contributed by atoms with Crippen molar-refractivity contribution in [2.75, 3.05) is 0 Å². The highest BCUT2D eigenvalue weighted by Crippen LogP contribution is 2.36. The number of hydrogen-bond acceptors (Lipinski definition) is 0. The number of fused-ring (bicyclic) bond motifs is 6. The maximum absolute atomic E-state index is 2.44. The third-order valence-corrected chi connectivity index (χ3v) is 4.62. The molecular weight excluding hydrogens is 343 g/mol. The van der Waals surface area contributed by atoms with Crippen molar-refractivity contribution in [2.45, 2.75) is 0 Å². The quantitative estimate of drug-likeness (QED) is 0.279. The summed E-state index contributed by atoms with van der Waals surface area (Å²) in [5.74, 6) is 0. The number of rotatable bonds is 0. The Kier molecular flexibility index (Phi) is 2.49. The largest absolute Gasteiger partial charge is 0.0616 e. The third kappa shape index (κ3) is 1.58. The zero-order valence-corrected chi connectivity index (χ0v) is 12.4. The Morgan fingerprint density at radius 3 is 1.47 bits per heavy atom. The SMILES string of the molecule is Ic1cccc2c3ccccc3c3ccccc3c12. The molecule has 0 saturated carbocycles. The minimum atomic E-state index is 1.32. The van der Waals surface area contributed by atoms with E-state index in [1.807, 2.05) is 0 Å². The van der Waals surface area contributed by atoms with Crippen LogP contribution >= 0.6 is 22.6 Å². The minimum absolute atomic E-state index is 1.32. The molecule has 4 aromatic rings. The fourth-order valence-electron chi connectivity index (χ4n) is 2.91. The van der Waals surface area contributed by atoms with Gasteiger partial charge in [-0.15, -0.1) is 0 Å². The van der Waals surface area contributed by atoms with Gasteiger partial charge < -0.3 is 0 Å². The summed E-state index contributed by atoms with van der Waals surface area (Å²) in [6.07, 6.45) is 0. The molecule has 0 saturated heterocycles. The van der Waals surface area contributed by atoms with Crippen molar-refractivity contribution >= 4 is 54.9 Å². The lowest BCUT2D eigenvalue weighted by atomic mass is 9.94. The van der Waals surface area contributed by atoms with Crippen LogP contribution in [0.3, 0.4) is 0 Å². The van der Waals surface area contributed by atoms with Gasteiger partial charge in [-0.25, -0.2) is 0 Å². The van der Waals surface area contributed by atoms with E-state index in [1.54, 1.807) is 0 Å². The van der Waals surface area contributed by atoms with Crippen LogP contribution in [0.1, 0.15) is 0 Å². The van der Waals surface area contributed by atoms with Crippen LogP contribution in [0.5, 0.6) is 0 Å². The molecule has 0 fully saturated rings. The van der Waals surface area contributed by atoms with E-state index in [-0.39, 0.29) is 0 Å². The summed E-state index contributed by atoms with van der Waals surface area (Å²) >= 11 is 2.44. The van der Waals surface area contributed by atoms with E-state index >= 15 is 0 Å². The Hall–Kier alpha value is -1.61. The summed E-state index contributed by atoms with van der Waals surface area (Å²) in [5, 5.41) is 8.09. The molecule has 0 aromatic heterocycles. The van der Waals surface area contributed by atoms with E-state index in [0.29, 0.717) is 0 Å². The molecule has 0 heterocycles. The molecule has 0 bridgehead atoms. The molecule has 0 N–H and O–H groups in total. The van der Waals surface area contributed by atoms with E-state index < -0.39 is 0 Å². The number of halogens is 1. The van der Waals surface area contributed by atoms with Crippen LogP contribution in [0, 0.1) is 3.57 Å². The molecule has 0 amide bonds. The predicted molar refractivity (Wildman–Crippen MR) is 91.7 cm³/mol. The molecule has 0 spiro atoms. The van der Waals surface area contributed by atoms with Crippen LogP contribution in [0.2, 0.25) is 0 Å². The molecule has 0 aliphatic heterocycles. The fraction of sp³-hybridized carbons (Fsp3) is 0. The molecule has 90 valence electrons. The summed E-state index contributed by atoms with van der Waals surface area (Å²) in [4.78, 5) is 0. The molecule has 0 aliphatic rings. The maximum Gasteiger partial charge on any atom is 0.0215 e. The molecular formula is C18H11I. The molecule has 0 nitrogen and oxygen atoms in total. The van der Waals surface area contributed by atoms with Crippen LogP contribution < -0.4 is 0 Å². The molecule has 0 atom stereocenters. The first kappa shape index (κ1) is 11.2. The predicted octanol–water partition coefficient (Wildman–Crippen LogP) is 5.75. The van der Waals surface area contributed by atoms with Crippen molar-refractivity contribution in [1.82, 2.24) is 0 Å². The molecule has 1 heteroatoms. The highest BCUT2D eigenvalue weighted by Gasteiger charge is 2.09. The van der Waals surface area contributed by atoms with E-state index in [9.17, 15) is 0 Å². The zero-order valence-electron chi connectivity index (χ0n) is 10.2. The van der Waals surface area contributed by atoms with Gasteiger partial charge in [-0.05, 0) is 55.6 Å². The Bertz CT molecular complexity index is 877. The van der Waals surface area contributed by atoms with Gasteiger partial charge >= 0.3 is 0 Å². The standard InChI is InChI=1S/C18H11I/c19-17-11-5-10-16-14-7-2-1-6-12(14)13-8-3-4-9-15(13)18(16)17/h1-11H. The Balaban J connectivity index is 2.48. The third-order valence-electron chi connectivity index (χ3n) is 3.72. The van der Waals surface area contributed by atoms with Crippen LogP contribution in [-0.2, 0) is 0 Å². The van der Waals surface area contributed by atoms with Crippen molar-refractivity contribution in [3.8, 4) is 0 Å². The highest BCUT2D eigenvalue weighted by molar-refractivity contribution is 14.1. The van der Waals surface area contributed by atoms with Gasteiger partial charge in [0, 0.05) is 8.96 Å². The van der Waals surface area contributed by atoms with Crippen LogP contribution in [-0.4, -0.2) is 0 Å². The number of hydrogen-bond donors (Lipinski definition) is 0. The van der Waals surface area contributed by atoms with Crippen molar-refractivity contribution in [2.24, 2.45) is 0 Å². The van der Waals surface area contributed by atoms with Crippen molar-refractivity contribution in [3.63, 3.8) is 0 Å². The minimum Gasteiger partial charge on any atom is -0.0616 e. The molecule has 4 rings (SSSR count). The molecule has 4 aromatic carbocycles. The second-order valence-corrected chi connectivity index (χ2v) is 5.92. The average molecular weight is 354 g/mol. The monoisotopic (exact) mass is 354 g/mol. The van der Waals surface area contributed by atoms with E-state index in [0.717, 1.165) is 0 Å². The first-order valence-electron chi connectivity index (χ1n) is 6.34. The van der Waals surface area contributed by atoms with E-state index in [2.05, 4.69) is 89.3 Å². The fourth-order valence-corrected chi connectivity index (χ4v) is 3.70. The highest BCUT2D eigenvalue weighted by atomic mass is 127. The van der Waals surface area contributed by atoms with Crippen molar-refractivity contribution < 1.29 is 0 Å². The summed E-state index contributed by atoms with van der Waals surface area (Å²) in [5.41, 5.74) is 0. The van der Waals surface area contributed by atoms with E-state index in [4.69, 9.17) is 0 Å². The van der Waals surface area contributed by atoms with Crippen LogP contribution in [0.15, 0.2) is 66.7 Å². The Labute approximate surface area is 125 Å². The van der Waals surface area contributed by atoms with Gasteiger partial charge in [0.2, 0.25) is 0 Å². The first-order valence-corrected chi connectivity index (χ1v) is 7.42. The van der Waals surface area contributed by atoms with Crippen molar-refractivity contribution in [3.05, 3.63) is 70.3 Å². The average Bonchev–Trinajstić information content (AvgIpc) is 2.47. The summed E-state index contributed by atoms with van der Waals surface area (Å²) < 4.78 is 1.32. The zero-order chi connectivity index (χ0) is 12.8. The normalized spacial score (nSPS) is 11.4. The molecule has 0 unspecified atom stereocenters. The second-order valence-electron chi connectivity index (χ2n) is 4.75. The van der Waals surface area contributed by atoms with Crippen LogP contribution in [0.25, 0.3) is 32.3 Å². The van der Waals surface area contributed by atoms with Gasteiger partial charge in [0.1, 0.15) is 0 Å². The molecule has 19 heavy (non-hydrogen) atoms. The summed E-state index contributed by atoms with van der Waals surface area (Å²) in [6.45, 7) is 0. The van der Waals surface area contributed by atoms with Crippen LogP contribution in [0.4, 0.5) is 0 Å². The topological polar surface area (TPSA) is 0 Å². The van der Waals surface area contributed by atoms with Gasteiger partial charge in [0.05, 0.1) is 0 Å². The lowest BCUT2D eigenvalue weighted by Crippen LogP contribution is -1.85. The summed E-state index contributed by atoms with van der Waals surface area (Å²) in [7, 11) is 0. The van der Waals surface area contributed by atoms with Gasteiger partial charge in [-0.2, -0.15) is 0 Å². The Morgan fingerprint density at radius 2 is 0.895 bits per heavy atom. The lowest BCUT2D eigenvalue weighted by Gasteiger charge is -2.11. The lowest BCUT2D eigenvalue weighted by molar-refractivity contribution is 1.74. The van der Waals surface area contributed by atoms with Gasteiger partial charge in [0.15, 0.2) is 0 Å². The molecule has 0 radical (unpaired) electrons. The van der Waals surface area contributed by atoms with Gasteiger partial charge in [-0.1, -0.05) is 60.7 Å². The first-order chi connectivity index (χ1) is 9.36. The Morgan fingerprint density at radius 1 is 0.474 bits per heavy atom. The summed E-state index contributed by atoms with van der Waals surface area (Å²) in [6, 6.07) is 23.9. The van der Waals surface area contributed by atoms with Gasteiger partial charge in [0.25, 0.3) is 0 Å². The number of benzene rings is 4. The molecule has 0 aliphatic carbocycles. The second kappa shape index (κ2) is 4.20. The van der Waals surface area contributed by atoms with E-state index in [1.165, 1.54) is 35.9 Å². The smallest absolute Gasteiger partial charge is 0.0215 e. The van der Waals surface area contributed by atoms with Gasteiger partial charge in [-0.3, -0.25) is 0 Å². The van der Waals surface area contributed by atoms with Crippen molar-refractivity contribution in [1.29, 1.82) is 0 Å².